The highest BCUT2D eigenvalue weighted by Crippen LogP contribution is 2.40. The first-order valence-electron chi connectivity index (χ1n) is 10.3. The van der Waals surface area contributed by atoms with Crippen molar-refractivity contribution in [2.45, 2.75) is 18.9 Å². The van der Waals surface area contributed by atoms with Crippen LogP contribution < -0.4 is 4.74 Å². The number of pyridine rings is 1. The summed E-state index contributed by atoms with van der Waals surface area (Å²) < 4.78 is 7.38. The topological polar surface area (TPSA) is 97.5 Å². The highest BCUT2D eigenvalue weighted by Gasteiger charge is 2.43. The van der Waals surface area contributed by atoms with E-state index in [4.69, 9.17) is 9.84 Å². The van der Waals surface area contributed by atoms with Gasteiger partial charge in [0.2, 0.25) is 0 Å². The van der Waals surface area contributed by atoms with E-state index in [1.54, 1.807) is 11.1 Å². The van der Waals surface area contributed by atoms with E-state index >= 15 is 0 Å². The molecule has 1 N–H and O–H groups in total. The average Bonchev–Trinajstić information content (AvgIpc) is 3.49. The molecule has 3 aromatic rings. The minimum absolute atomic E-state index is 0.120. The van der Waals surface area contributed by atoms with Crippen LogP contribution in [0.1, 0.15) is 23.3 Å². The maximum atomic E-state index is 12.7. The smallest absolute Gasteiger partial charge is 0.356 e. The van der Waals surface area contributed by atoms with Gasteiger partial charge < -0.3 is 14.7 Å². The van der Waals surface area contributed by atoms with E-state index in [-0.39, 0.29) is 17.8 Å². The predicted octanol–water partition coefficient (Wildman–Crippen LogP) is 3.40. The molecule has 3 atom stereocenters. The van der Waals surface area contributed by atoms with Gasteiger partial charge >= 0.3 is 12.0 Å². The number of ether oxygens (including phenoxy) is 1. The van der Waals surface area contributed by atoms with Crippen molar-refractivity contribution >= 4 is 12.0 Å². The summed E-state index contributed by atoms with van der Waals surface area (Å²) >= 11 is 0. The van der Waals surface area contributed by atoms with Crippen molar-refractivity contribution in [2.24, 2.45) is 11.8 Å². The first-order valence-corrected chi connectivity index (χ1v) is 10.3. The molecule has 1 unspecified atom stereocenters. The van der Waals surface area contributed by atoms with Crippen molar-refractivity contribution in [3.05, 3.63) is 66.6 Å². The lowest BCUT2D eigenvalue weighted by atomic mass is 10.0. The number of carboxylic acids is 1. The Morgan fingerprint density at radius 1 is 1.03 bits per heavy atom. The summed E-state index contributed by atoms with van der Waals surface area (Å²) in [6.07, 6.45) is 5.08. The molecule has 1 aromatic carbocycles. The van der Waals surface area contributed by atoms with Crippen LogP contribution in [0.3, 0.4) is 0 Å². The van der Waals surface area contributed by atoms with Crippen LogP contribution in [0, 0.1) is 11.8 Å². The molecule has 0 radical (unpaired) electrons. The number of likely N-dealkylation sites (tertiary alicyclic amines) is 1. The number of amides is 1. The third-order valence-corrected chi connectivity index (χ3v) is 6.08. The fourth-order valence-electron chi connectivity index (χ4n) is 4.64. The van der Waals surface area contributed by atoms with Crippen molar-refractivity contribution in [1.29, 1.82) is 0 Å². The van der Waals surface area contributed by atoms with Crippen molar-refractivity contribution in [3.8, 4) is 17.0 Å². The van der Waals surface area contributed by atoms with Gasteiger partial charge in [-0.25, -0.2) is 9.59 Å². The lowest BCUT2D eigenvalue weighted by molar-refractivity contribution is 0.0690. The van der Waals surface area contributed by atoms with Gasteiger partial charge in [0.05, 0.1) is 11.8 Å². The van der Waals surface area contributed by atoms with Crippen molar-refractivity contribution in [1.82, 2.24) is 19.7 Å². The number of carbonyl (C=O) groups is 2. The van der Waals surface area contributed by atoms with E-state index in [1.807, 2.05) is 42.5 Å². The zero-order chi connectivity index (χ0) is 21.4. The first-order chi connectivity index (χ1) is 15.1. The fourth-order valence-corrected chi connectivity index (χ4v) is 4.64. The first kappa shape index (κ1) is 19.3. The molecule has 1 amide bonds. The van der Waals surface area contributed by atoms with Gasteiger partial charge in [0.25, 0.3) is 0 Å². The minimum Gasteiger partial charge on any atom is -0.490 e. The maximum Gasteiger partial charge on any atom is 0.356 e. The summed E-state index contributed by atoms with van der Waals surface area (Å²) in [5.74, 6) is 0.445. The highest BCUT2D eigenvalue weighted by atomic mass is 16.5. The molecule has 1 saturated carbocycles. The number of nitrogens with zero attached hydrogens (tertiary/aromatic N) is 4. The number of aromatic nitrogens is 3. The highest BCUT2D eigenvalue weighted by molar-refractivity contribution is 5.86. The number of fused-ring (bicyclic) bond motifs is 1. The Bertz CT molecular complexity index is 1100. The third kappa shape index (κ3) is 3.88. The van der Waals surface area contributed by atoms with Gasteiger partial charge in [-0.2, -0.15) is 9.78 Å². The zero-order valence-corrected chi connectivity index (χ0v) is 16.8. The molecule has 5 rings (SSSR count). The molecular formula is C23H22N4O4. The monoisotopic (exact) mass is 418 g/mol. The van der Waals surface area contributed by atoms with Crippen molar-refractivity contribution < 1.29 is 19.4 Å². The quantitative estimate of drug-likeness (QED) is 0.697. The van der Waals surface area contributed by atoms with E-state index < -0.39 is 5.97 Å². The second-order valence-corrected chi connectivity index (χ2v) is 8.11. The molecule has 1 aliphatic carbocycles. The Kier molecular flexibility index (Phi) is 4.89. The van der Waals surface area contributed by atoms with Crippen molar-refractivity contribution in [3.63, 3.8) is 0 Å². The van der Waals surface area contributed by atoms with Crippen LogP contribution in [-0.2, 0) is 0 Å². The number of hydrogen-bond donors (Lipinski definition) is 1. The number of rotatable bonds is 4. The zero-order valence-electron chi connectivity index (χ0n) is 16.8. The summed E-state index contributed by atoms with van der Waals surface area (Å²) in [5, 5.41) is 12.8. The summed E-state index contributed by atoms with van der Waals surface area (Å²) in [7, 11) is 0. The summed E-state index contributed by atoms with van der Waals surface area (Å²) in [5.41, 5.74) is 1.80. The molecule has 8 nitrogen and oxygen atoms in total. The van der Waals surface area contributed by atoms with Crippen molar-refractivity contribution in [2.75, 3.05) is 13.1 Å². The van der Waals surface area contributed by atoms with Gasteiger partial charge in [0.1, 0.15) is 5.75 Å². The maximum absolute atomic E-state index is 12.7. The van der Waals surface area contributed by atoms with Crippen LogP contribution in [0.4, 0.5) is 4.79 Å². The normalized spacial score (nSPS) is 22.3. The summed E-state index contributed by atoms with van der Waals surface area (Å²) in [6.45, 7) is 1.28. The molecule has 158 valence electrons. The Morgan fingerprint density at radius 2 is 1.84 bits per heavy atom. The fraction of sp³-hybridized carbons (Fsp3) is 0.304. The van der Waals surface area contributed by atoms with E-state index in [2.05, 4.69) is 10.1 Å². The molecule has 3 heterocycles. The molecule has 2 aromatic heterocycles. The van der Waals surface area contributed by atoms with Gasteiger partial charge in [0.15, 0.2) is 5.69 Å². The molecule has 2 fully saturated rings. The lowest BCUT2D eigenvalue weighted by Crippen LogP contribution is -2.34. The van der Waals surface area contributed by atoms with Gasteiger partial charge in [-0.15, -0.1) is 0 Å². The Balaban J connectivity index is 1.20. The van der Waals surface area contributed by atoms with Crippen LogP contribution in [0.2, 0.25) is 0 Å². The Hall–Kier alpha value is -3.68. The van der Waals surface area contributed by atoms with Gasteiger partial charge in [-0.1, -0.05) is 18.2 Å². The molecule has 1 saturated heterocycles. The number of carbonyl (C=O) groups excluding carboxylic acids is 1. The van der Waals surface area contributed by atoms with E-state index in [0.717, 1.165) is 34.5 Å². The lowest BCUT2D eigenvalue weighted by Gasteiger charge is -2.20. The third-order valence-electron chi connectivity index (χ3n) is 6.08. The van der Waals surface area contributed by atoms with Gasteiger partial charge in [-0.3, -0.25) is 4.98 Å². The largest absolute Gasteiger partial charge is 0.490 e. The van der Waals surface area contributed by atoms with Gasteiger partial charge in [0, 0.05) is 31.0 Å². The van der Waals surface area contributed by atoms with Crippen LogP contribution in [0.25, 0.3) is 11.3 Å². The van der Waals surface area contributed by atoms with Crippen LogP contribution >= 0.6 is 0 Å². The number of benzene rings is 1. The van der Waals surface area contributed by atoms with Crippen LogP contribution in [0.15, 0.2) is 60.9 Å². The standard InChI is InChI=1S/C23H22N4O4/c28-22(29)21-7-9-27(25-21)23(30)26-13-16-11-19(12-17(16)14-26)31-18-5-3-4-15(10-18)20-6-1-2-8-24-20/h1-10,16-17,19H,11-14H2,(H,28,29)/t16-,17+,19?. The van der Waals surface area contributed by atoms with E-state index in [1.165, 1.54) is 12.3 Å². The second kappa shape index (κ2) is 7.86. The number of hydrogen-bond acceptors (Lipinski definition) is 5. The molecule has 31 heavy (non-hydrogen) atoms. The van der Waals surface area contributed by atoms with Gasteiger partial charge in [-0.05, 0) is 55.0 Å². The number of aromatic carboxylic acids is 1. The molecule has 2 aliphatic rings. The Labute approximate surface area is 179 Å². The van der Waals surface area contributed by atoms with E-state index in [9.17, 15) is 9.59 Å². The predicted molar refractivity (Wildman–Crippen MR) is 112 cm³/mol. The summed E-state index contributed by atoms with van der Waals surface area (Å²) in [4.78, 5) is 29.8. The average molecular weight is 418 g/mol. The number of carboxylic acid groups (broad SMARTS) is 1. The SMILES string of the molecule is O=C(O)c1ccn(C(=O)N2C[C@H]3CC(Oc4cccc(-c5ccccn5)c4)C[C@H]3C2)n1. The molecule has 1 aliphatic heterocycles. The molecule has 0 bridgehead atoms. The Morgan fingerprint density at radius 3 is 2.52 bits per heavy atom. The molecule has 0 spiro atoms. The minimum atomic E-state index is -1.14. The second-order valence-electron chi connectivity index (χ2n) is 8.11. The molecular weight excluding hydrogens is 396 g/mol. The van der Waals surface area contributed by atoms with Crippen LogP contribution in [0.5, 0.6) is 5.75 Å². The van der Waals surface area contributed by atoms with Crippen LogP contribution in [-0.4, -0.2) is 56.0 Å². The summed E-state index contributed by atoms with van der Waals surface area (Å²) in [6, 6.07) is 14.9. The molecule has 8 heteroatoms. The van der Waals surface area contributed by atoms with E-state index in [0.29, 0.717) is 24.9 Å².